The summed E-state index contributed by atoms with van der Waals surface area (Å²) in [7, 11) is 1.61. The summed E-state index contributed by atoms with van der Waals surface area (Å²) in [6, 6.07) is -0.128. The fourth-order valence-electron chi connectivity index (χ4n) is 2.85. The van der Waals surface area contributed by atoms with Crippen molar-refractivity contribution in [3.8, 4) is 0 Å². The summed E-state index contributed by atoms with van der Waals surface area (Å²) in [5.74, 6) is -0.631. The predicted molar refractivity (Wildman–Crippen MR) is 80.2 cm³/mol. The quantitative estimate of drug-likeness (QED) is 0.716. The lowest BCUT2D eigenvalue weighted by Gasteiger charge is -2.26. The van der Waals surface area contributed by atoms with E-state index in [4.69, 9.17) is 9.84 Å². The van der Waals surface area contributed by atoms with Gasteiger partial charge in [-0.15, -0.1) is 0 Å². The molecule has 2 atom stereocenters. The van der Waals surface area contributed by atoms with Gasteiger partial charge in [-0.2, -0.15) is 0 Å². The SMILES string of the molecule is COCCN(CC(C)C)C(=O)NCC1CCCC1C(=O)O. The number of urea groups is 1. The van der Waals surface area contributed by atoms with E-state index in [1.165, 1.54) is 0 Å². The molecule has 2 amide bonds. The van der Waals surface area contributed by atoms with Crippen molar-refractivity contribution in [2.75, 3.05) is 33.4 Å². The highest BCUT2D eigenvalue weighted by Gasteiger charge is 2.33. The third-order valence-electron chi connectivity index (χ3n) is 3.93. The largest absolute Gasteiger partial charge is 0.481 e. The van der Waals surface area contributed by atoms with Gasteiger partial charge in [0.05, 0.1) is 12.5 Å². The molecular weight excluding hydrogens is 272 g/mol. The van der Waals surface area contributed by atoms with E-state index in [0.717, 1.165) is 19.3 Å². The molecule has 0 spiro atoms. The highest BCUT2D eigenvalue weighted by Crippen LogP contribution is 2.31. The van der Waals surface area contributed by atoms with Crippen LogP contribution in [0.3, 0.4) is 0 Å². The molecule has 1 rings (SSSR count). The maximum Gasteiger partial charge on any atom is 0.317 e. The first-order valence-corrected chi connectivity index (χ1v) is 7.70. The van der Waals surface area contributed by atoms with Gasteiger partial charge in [-0.05, 0) is 24.7 Å². The van der Waals surface area contributed by atoms with Crippen molar-refractivity contribution < 1.29 is 19.4 Å². The van der Waals surface area contributed by atoms with Crippen LogP contribution in [0.25, 0.3) is 0 Å². The Morgan fingerprint density at radius 1 is 1.38 bits per heavy atom. The topological polar surface area (TPSA) is 78.9 Å². The summed E-state index contributed by atoms with van der Waals surface area (Å²) in [5, 5.41) is 12.0. The third kappa shape index (κ3) is 5.91. The Morgan fingerprint density at radius 3 is 2.67 bits per heavy atom. The molecule has 2 N–H and O–H groups in total. The molecule has 0 aromatic rings. The number of ether oxygens (including phenoxy) is 1. The van der Waals surface area contributed by atoms with Gasteiger partial charge in [0.15, 0.2) is 0 Å². The Bertz CT molecular complexity index is 347. The van der Waals surface area contributed by atoms with E-state index >= 15 is 0 Å². The molecule has 21 heavy (non-hydrogen) atoms. The Morgan fingerprint density at radius 2 is 2.10 bits per heavy atom. The van der Waals surface area contributed by atoms with Gasteiger partial charge in [-0.25, -0.2) is 4.79 Å². The van der Waals surface area contributed by atoms with Crippen molar-refractivity contribution in [1.29, 1.82) is 0 Å². The minimum absolute atomic E-state index is 0.0507. The zero-order valence-corrected chi connectivity index (χ0v) is 13.3. The summed E-state index contributed by atoms with van der Waals surface area (Å²) in [6.07, 6.45) is 2.52. The molecule has 0 aromatic carbocycles. The minimum Gasteiger partial charge on any atom is -0.481 e. The van der Waals surface area contributed by atoms with Crippen molar-refractivity contribution in [2.45, 2.75) is 33.1 Å². The second-order valence-corrected chi connectivity index (χ2v) is 6.15. The molecule has 1 aliphatic carbocycles. The maximum atomic E-state index is 12.2. The summed E-state index contributed by atoms with van der Waals surface area (Å²) in [6.45, 7) is 6.28. The van der Waals surface area contributed by atoms with Gasteiger partial charge < -0.3 is 20.1 Å². The number of carboxylic acid groups (broad SMARTS) is 1. The van der Waals surface area contributed by atoms with Crippen LogP contribution in [0.5, 0.6) is 0 Å². The Kier molecular flexibility index (Phi) is 7.50. The lowest BCUT2D eigenvalue weighted by atomic mass is 9.96. The standard InChI is InChI=1S/C15H28N2O4/c1-11(2)10-17(7-8-21-3)15(20)16-9-12-5-4-6-13(12)14(18)19/h11-13H,4-10H2,1-3H3,(H,16,20)(H,18,19). The first-order chi connectivity index (χ1) is 9.95. The molecule has 0 radical (unpaired) electrons. The van der Waals surface area contributed by atoms with Crippen LogP contribution in [0.4, 0.5) is 4.79 Å². The molecule has 1 saturated carbocycles. The van der Waals surface area contributed by atoms with E-state index in [0.29, 0.717) is 32.2 Å². The monoisotopic (exact) mass is 300 g/mol. The Balaban J connectivity index is 2.46. The average molecular weight is 300 g/mol. The van der Waals surface area contributed by atoms with Crippen LogP contribution in [0.1, 0.15) is 33.1 Å². The third-order valence-corrected chi connectivity index (χ3v) is 3.93. The number of aliphatic carboxylic acids is 1. The number of nitrogens with one attached hydrogen (secondary N) is 1. The molecule has 6 heteroatoms. The Labute approximate surface area is 126 Å². The number of amides is 2. The van der Waals surface area contributed by atoms with Crippen molar-refractivity contribution in [3.05, 3.63) is 0 Å². The second kappa shape index (κ2) is 8.87. The molecule has 0 aliphatic heterocycles. The lowest BCUT2D eigenvalue weighted by molar-refractivity contribution is -0.142. The summed E-state index contributed by atoms with van der Waals surface area (Å²) < 4.78 is 5.03. The van der Waals surface area contributed by atoms with E-state index in [1.54, 1.807) is 12.0 Å². The van der Waals surface area contributed by atoms with E-state index in [9.17, 15) is 9.59 Å². The maximum absolute atomic E-state index is 12.2. The number of rotatable bonds is 8. The van der Waals surface area contributed by atoms with Crippen molar-refractivity contribution in [2.24, 2.45) is 17.8 Å². The normalized spacial score (nSPS) is 21.5. The second-order valence-electron chi connectivity index (χ2n) is 6.15. The molecule has 6 nitrogen and oxygen atoms in total. The van der Waals surface area contributed by atoms with Crippen molar-refractivity contribution >= 4 is 12.0 Å². The van der Waals surface area contributed by atoms with E-state index < -0.39 is 5.97 Å². The first-order valence-electron chi connectivity index (χ1n) is 7.70. The molecule has 0 saturated heterocycles. The van der Waals surface area contributed by atoms with Crippen molar-refractivity contribution in [1.82, 2.24) is 10.2 Å². The van der Waals surface area contributed by atoms with Gasteiger partial charge in [0.1, 0.15) is 0 Å². The van der Waals surface area contributed by atoms with Crippen LogP contribution in [-0.2, 0) is 9.53 Å². The number of hydrogen-bond donors (Lipinski definition) is 2. The molecule has 0 aromatic heterocycles. The molecule has 1 aliphatic rings. The zero-order chi connectivity index (χ0) is 15.8. The summed E-state index contributed by atoms with van der Waals surface area (Å²) in [5.41, 5.74) is 0. The van der Waals surface area contributed by atoms with E-state index in [2.05, 4.69) is 19.2 Å². The highest BCUT2D eigenvalue weighted by atomic mass is 16.5. The molecule has 0 heterocycles. The number of nitrogens with zero attached hydrogens (tertiary/aromatic N) is 1. The number of carboxylic acids is 1. The van der Waals surface area contributed by atoms with Gasteiger partial charge in [-0.1, -0.05) is 20.3 Å². The minimum atomic E-state index is -0.745. The van der Waals surface area contributed by atoms with Crippen LogP contribution in [0, 0.1) is 17.8 Å². The van der Waals surface area contributed by atoms with Gasteiger partial charge in [-0.3, -0.25) is 4.79 Å². The Hall–Kier alpha value is -1.30. The molecule has 122 valence electrons. The van der Waals surface area contributed by atoms with Gasteiger partial charge in [0, 0.05) is 26.7 Å². The van der Waals surface area contributed by atoms with E-state index in [1.807, 2.05) is 0 Å². The zero-order valence-electron chi connectivity index (χ0n) is 13.3. The van der Waals surface area contributed by atoms with Crippen LogP contribution in [0.15, 0.2) is 0 Å². The van der Waals surface area contributed by atoms with E-state index in [-0.39, 0.29) is 17.9 Å². The summed E-state index contributed by atoms with van der Waals surface area (Å²) in [4.78, 5) is 25.1. The molecule has 1 fully saturated rings. The van der Waals surface area contributed by atoms with Gasteiger partial charge in [0.25, 0.3) is 0 Å². The smallest absolute Gasteiger partial charge is 0.317 e. The predicted octanol–water partition coefficient (Wildman–Crippen LogP) is 1.80. The number of methoxy groups -OCH3 is 1. The van der Waals surface area contributed by atoms with Gasteiger partial charge >= 0.3 is 12.0 Å². The fourth-order valence-corrected chi connectivity index (χ4v) is 2.85. The number of hydrogen-bond acceptors (Lipinski definition) is 3. The number of carbonyl (C=O) groups excluding carboxylic acids is 1. The van der Waals surface area contributed by atoms with Crippen LogP contribution in [-0.4, -0.2) is 55.4 Å². The molecular formula is C15H28N2O4. The van der Waals surface area contributed by atoms with Gasteiger partial charge in [0.2, 0.25) is 0 Å². The summed E-state index contributed by atoms with van der Waals surface area (Å²) >= 11 is 0. The number of carbonyl (C=O) groups is 2. The van der Waals surface area contributed by atoms with Crippen molar-refractivity contribution in [3.63, 3.8) is 0 Å². The van der Waals surface area contributed by atoms with Crippen LogP contribution >= 0.6 is 0 Å². The fraction of sp³-hybridized carbons (Fsp3) is 0.867. The van der Waals surface area contributed by atoms with Crippen LogP contribution < -0.4 is 5.32 Å². The average Bonchev–Trinajstić information content (AvgIpc) is 2.89. The molecule has 0 bridgehead atoms. The highest BCUT2D eigenvalue weighted by molar-refractivity contribution is 5.74. The lowest BCUT2D eigenvalue weighted by Crippen LogP contribution is -2.45. The first kappa shape index (κ1) is 17.8. The molecule has 2 unspecified atom stereocenters. The van der Waals surface area contributed by atoms with Crippen LogP contribution in [0.2, 0.25) is 0 Å².